The van der Waals surface area contributed by atoms with E-state index in [1.165, 1.54) is 12.1 Å². The molecule has 1 atom stereocenters. The zero-order valence-corrected chi connectivity index (χ0v) is 13.6. The fourth-order valence-corrected chi connectivity index (χ4v) is 5.00. The molecule has 11 heteroatoms. The van der Waals surface area contributed by atoms with Crippen LogP contribution >= 0.6 is 11.3 Å². The predicted octanol–water partition coefficient (Wildman–Crippen LogP) is 2.57. The number of alkyl halides is 3. The van der Waals surface area contributed by atoms with Crippen molar-refractivity contribution in [1.29, 1.82) is 0 Å². The van der Waals surface area contributed by atoms with E-state index in [0.29, 0.717) is 10.2 Å². The van der Waals surface area contributed by atoms with E-state index in [1.54, 1.807) is 0 Å². The summed E-state index contributed by atoms with van der Waals surface area (Å²) >= 11 is 0.985. The average molecular weight is 380 g/mol. The Morgan fingerprint density at radius 2 is 2.12 bits per heavy atom. The van der Waals surface area contributed by atoms with Crippen LogP contribution in [0.15, 0.2) is 18.2 Å². The van der Waals surface area contributed by atoms with Crippen LogP contribution in [0.2, 0.25) is 0 Å². The lowest BCUT2D eigenvalue weighted by Gasteiger charge is -2.07. The summed E-state index contributed by atoms with van der Waals surface area (Å²) in [6.07, 6.45) is -4.54. The van der Waals surface area contributed by atoms with Gasteiger partial charge in [-0.3, -0.25) is 4.79 Å². The van der Waals surface area contributed by atoms with Crippen LogP contribution in [0.5, 0.6) is 5.75 Å². The quantitative estimate of drug-likeness (QED) is 0.885. The second-order valence-electron chi connectivity index (χ2n) is 5.29. The van der Waals surface area contributed by atoms with Gasteiger partial charge in [0, 0.05) is 6.07 Å². The number of anilines is 1. The average Bonchev–Trinajstić information content (AvgIpc) is 2.99. The van der Waals surface area contributed by atoms with Gasteiger partial charge in [0.05, 0.1) is 27.6 Å². The summed E-state index contributed by atoms with van der Waals surface area (Å²) in [4.78, 5) is 16.1. The van der Waals surface area contributed by atoms with Crippen molar-refractivity contribution in [3.63, 3.8) is 0 Å². The molecule has 0 radical (unpaired) electrons. The molecule has 1 amide bonds. The van der Waals surface area contributed by atoms with Crippen molar-refractivity contribution < 1.29 is 31.1 Å². The van der Waals surface area contributed by atoms with E-state index < -0.39 is 28.0 Å². The SMILES string of the molecule is O=C(Nc1nc2ccc(OC(F)(F)F)cc2s1)[C@@H]1CCS(=O)(=O)C1. The number of rotatable bonds is 3. The molecule has 0 unspecified atom stereocenters. The molecule has 130 valence electrons. The zero-order valence-electron chi connectivity index (χ0n) is 12.0. The van der Waals surface area contributed by atoms with Gasteiger partial charge in [0.1, 0.15) is 5.75 Å². The summed E-state index contributed by atoms with van der Waals surface area (Å²) in [6, 6.07) is 3.66. The van der Waals surface area contributed by atoms with Crippen molar-refractivity contribution in [2.24, 2.45) is 5.92 Å². The Labute approximate surface area is 138 Å². The van der Waals surface area contributed by atoms with Gasteiger partial charge in [-0.15, -0.1) is 13.2 Å². The molecule has 1 aromatic heterocycles. The molecule has 1 aliphatic heterocycles. The Hall–Kier alpha value is -1.88. The fourth-order valence-electron chi connectivity index (χ4n) is 2.36. The van der Waals surface area contributed by atoms with Gasteiger partial charge in [-0.25, -0.2) is 13.4 Å². The fraction of sp³-hybridized carbons (Fsp3) is 0.385. The molecular weight excluding hydrogens is 369 g/mol. The van der Waals surface area contributed by atoms with E-state index in [-0.39, 0.29) is 28.8 Å². The molecule has 2 aromatic rings. The number of hydrogen-bond acceptors (Lipinski definition) is 6. The van der Waals surface area contributed by atoms with Crippen LogP contribution in [-0.4, -0.2) is 37.2 Å². The smallest absolute Gasteiger partial charge is 0.406 e. The summed E-state index contributed by atoms with van der Waals surface area (Å²) < 4.78 is 63.7. The number of amides is 1. The summed E-state index contributed by atoms with van der Waals surface area (Å²) in [5.41, 5.74) is 0.406. The Balaban J connectivity index is 1.75. The van der Waals surface area contributed by atoms with Crippen LogP contribution in [0.25, 0.3) is 10.2 Å². The number of nitrogens with zero attached hydrogens (tertiary/aromatic N) is 1. The molecule has 1 saturated heterocycles. The normalized spacial score (nSPS) is 20.2. The highest BCUT2D eigenvalue weighted by molar-refractivity contribution is 7.91. The topological polar surface area (TPSA) is 85.4 Å². The molecule has 0 spiro atoms. The number of halogens is 3. The monoisotopic (exact) mass is 380 g/mol. The van der Waals surface area contributed by atoms with Crippen molar-refractivity contribution in [2.75, 3.05) is 16.8 Å². The molecule has 1 fully saturated rings. The third kappa shape index (κ3) is 3.96. The highest BCUT2D eigenvalue weighted by atomic mass is 32.2. The highest BCUT2D eigenvalue weighted by Gasteiger charge is 2.33. The van der Waals surface area contributed by atoms with Gasteiger partial charge in [-0.2, -0.15) is 0 Å². The van der Waals surface area contributed by atoms with Gasteiger partial charge in [-0.1, -0.05) is 11.3 Å². The van der Waals surface area contributed by atoms with Crippen molar-refractivity contribution in [2.45, 2.75) is 12.8 Å². The molecule has 1 aromatic carbocycles. The number of sulfone groups is 1. The minimum Gasteiger partial charge on any atom is -0.406 e. The number of aromatic nitrogens is 1. The molecule has 0 aliphatic carbocycles. The summed E-state index contributed by atoms with van der Waals surface area (Å²) in [5, 5.41) is 2.72. The number of thiazole rings is 1. The van der Waals surface area contributed by atoms with Gasteiger partial charge in [0.2, 0.25) is 5.91 Å². The van der Waals surface area contributed by atoms with Crippen LogP contribution in [0.4, 0.5) is 18.3 Å². The van der Waals surface area contributed by atoms with Crippen LogP contribution in [0.1, 0.15) is 6.42 Å². The second kappa shape index (κ2) is 5.88. The van der Waals surface area contributed by atoms with Gasteiger partial charge in [0.15, 0.2) is 15.0 Å². The predicted molar refractivity (Wildman–Crippen MR) is 81.7 cm³/mol. The molecule has 24 heavy (non-hydrogen) atoms. The van der Waals surface area contributed by atoms with Crippen molar-refractivity contribution in [3.05, 3.63) is 18.2 Å². The van der Waals surface area contributed by atoms with E-state index in [2.05, 4.69) is 15.0 Å². The first kappa shape index (κ1) is 17.0. The van der Waals surface area contributed by atoms with Crippen molar-refractivity contribution >= 4 is 42.4 Å². The lowest BCUT2D eigenvalue weighted by molar-refractivity contribution is -0.274. The minimum absolute atomic E-state index is 0.0247. The Kier molecular flexibility index (Phi) is 4.16. The first-order chi connectivity index (χ1) is 11.1. The summed E-state index contributed by atoms with van der Waals surface area (Å²) in [5.74, 6) is -1.69. The number of hydrogen-bond donors (Lipinski definition) is 1. The number of carbonyl (C=O) groups excluding carboxylic acids is 1. The third-order valence-corrected chi connectivity index (χ3v) is 6.13. The third-order valence-electron chi connectivity index (χ3n) is 3.43. The molecule has 1 aliphatic rings. The second-order valence-corrected chi connectivity index (χ2v) is 8.54. The van der Waals surface area contributed by atoms with Gasteiger partial charge in [0.25, 0.3) is 0 Å². The number of benzene rings is 1. The molecule has 1 N–H and O–H groups in total. The molecule has 6 nitrogen and oxygen atoms in total. The van der Waals surface area contributed by atoms with E-state index in [4.69, 9.17) is 0 Å². The van der Waals surface area contributed by atoms with Gasteiger partial charge in [-0.05, 0) is 18.6 Å². The maximum Gasteiger partial charge on any atom is 0.573 e. The van der Waals surface area contributed by atoms with Crippen LogP contribution in [0, 0.1) is 5.92 Å². The molecular formula is C13H11F3N2O4S2. The van der Waals surface area contributed by atoms with E-state index in [1.807, 2.05) is 0 Å². The number of ether oxygens (including phenoxy) is 1. The van der Waals surface area contributed by atoms with Crippen LogP contribution in [0.3, 0.4) is 0 Å². The number of fused-ring (bicyclic) bond motifs is 1. The summed E-state index contributed by atoms with van der Waals surface area (Å²) in [6.45, 7) is 0. The maximum atomic E-state index is 12.2. The highest BCUT2D eigenvalue weighted by Crippen LogP contribution is 2.32. The standard InChI is InChI=1S/C13H11F3N2O4S2/c14-13(15,16)22-8-1-2-9-10(5-8)23-12(17-9)18-11(19)7-3-4-24(20,21)6-7/h1-2,5,7H,3-4,6H2,(H,17,18,19)/t7-/m1/s1. The number of carbonyl (C=O) groups is 1. The van der Waals surface area contributed by atoms with E-state index >= 15 is 0 Å². The lowest BCUT2D eigenvalue weighted by Crippen LogP contribution is -2.23. The first-order valence-electron chi connectivity index (χ1n) is 6.79. The molecule has 2 heterocycles. The maximum absolute atomic E-state index is 12.2. The first-order valence-corrected chi connectivity index (χ1v) is 9.43. The molecule has 3 rings (SSSR count). The van der Waals surface area contributed by atoms with Gasteiger partial charge < -0.3 is 10.1 Å². The summed E-state index contributed by atoms with van der Waals surface area (Å²) in [7, 11) is -3.18. The lowest BCUT2D eigenvalue weighted by atomic mass is 10.1. The zero-order chi connectivity index (χ0) is 17.5. The van der Waals surface area contributed by atoms with Gasteiger partial charge >= 0.3 is 6.36 Å². The van der Waals surface area contributed by atoms with Crippen molar-refractivity contribution in [3.8, 4) is 5.75 Å². The molecule has 0 bridgehead atoms. The largest absolute Gasteiger partial charge is 0.573 e. The van der Waals surface area contributed by atoms with E-state index in [0.717, 1.165) is 17.4 Å². The minimum atomic E-state index is -4.79. The van der Waals surface area contributed by atoms with E-state index in [9.17, 15) is 26.4 Å². The number of nitrogens with one attached hydrogen (secondary N) is 1. The van der Waals surface area contributed by atoms with Crippen LogP contribution < -0.4 is 10.1 Å². The Bertz CT molecular complexity index is 892. The molecule has 0 saturated carbocycles. The van der Waals surface area contributed by atoms with Crippen molar-refractivity contribution in [1.82, 2.24) is 4.98 Å². The Morgan fingerprint density at radius 3 is 2.75 bits per heavy atom. The van der Waals surface area contributed by atoms with Crippen LogP contribution in [-0.2, 0) is 14.6 Å². The Morgan fingerprint density at radius 1 is 1.38 bits per heavy atom.